The van der Waals surface area contributed by atoms with Gasteiger partial charge in [-0.05, 0) is 72.7 Å². The summed E-state index contributed by atoms with van der Waals surface area (Å²) in [6.45, 7) is 9.58. The summed E-state index contributed by atoms with van der Waals surface area (Å²) < 4.78 is 5.65. The van der Waals surface area contributed by atoms with Crippen LogP contribution in [0.1, 0.15) is 5.56 Å². The third-order valence-electron chi connectivity index (χ3n) is 5.21. The van der Waals surface area contributed by atoms with Crippen molar-refractivity contribution in [1.29, 1.82) is 0 Å². The second-order valence-electron chi connectivity index (χ2n) is 7.61. The summed E-state index contributed by atoms with van der Waals surface area (Å²) in [7, 11) is 6.09. The van der Waals surface area contributed by atoms with Crippen molar-refractivity contribution in [3.63, 3.8) is 0 Å². The first kappa shape index (κ1) is 21.3. The van der Waals surface area contributed by atoms with E-state index in [0.717, 1.165) is 17.1 Å². The second kappa shape index (κ2) is 9.44. The molecule has 0 amide bonds. The number of anilines is 3. The standard InChI is InChI=1S/C29H24BNO/c1-4-22(3)32-29-18-16-27(17-19-29)31(28-7-5-6-25(30)20-28)26-14-12-24(13-15-26)23-10-8-21(2)9-11-23/h4-20H,1,3H2,2H3. The molecule has 4 aromatic rings. The Hall–Kier alpha value is -3.98. The molecule has 2 nitrogen and oxygen atoms in total. The largest absolute Gasteiger partial charge is 0.458 e. The fraction of sp³-hybridized carbons (Fsp3) is 0.0345. The fourth-order valence-corrected chi connectivity index (χ4v) is 3.52. The van der Waals surface area contributed by atoms with Gasteiger partial charge in [-0.15, -0.1) is 0 Å². The van der Waals surface area contributed by atoms with E-state index in [0.29, 0.717) is 17.0 Å². The van der Waals surface area contributed by atoms with Crippen LogP contribution in [0.4, 0.5) is 17.1 Å². The fourth-order valence-electron chi connectivity index (χ4n) is 3.52. The molecule has 2 radical (unpaired) electrons. The molecule has 0 N–H and O–H groups in total. The van der Waals surface area contributed by atoms with E-state index in [-0.39, 0.29) is 0 Å². The van der Waals surface area contributed by atoms with Gasteiger partial charge in [0, 0.05) is 17.1 Å². The number of benzene rings is 4. The maximum Gasteiger partial charge on any atom is 0.127 e. The number of hydrogen-bond acceptors (Lipinski definition) is 2. The molecule has 0 fully saturated rings. The predicted molar refractivity (Wildman–Crippen MR) is 137 cm³/mol. The highest BCUT2D eigenvalue weighted by molar-refractivity contribution is 6.32. The minimum Gasteiger partial charge on any atom is -0.458 e. The van der Waals surface area contributed by atoms with Gasteiger partial charge in [-0.25, -0.2) is 0 Å². The van der Waals surface area contributed by atoms with Crippen molar-refractivity contribution in [1.82, 2.24) is 0 Å². The summed E-state index contributed by atoms with van der Waals surface area (Å²) in [5.41, 5.74) is 7.35. The van der Waals surface area contributed by atoms with E-state index in [1.165, 1.54) is 16.7 Å². The van der Waals surface area contributed by atoms with Gasteiger partial charge in [-0.2, -0.15) is 0 Å². The van der Waals surface area contributed by atoms with E-state index in [4.69, 9.17) is 12.6 Å². The van der Waals surface area contributed by atoms with Crippen molar-refractivity contribution in [2.24, 2.45) is 0 Å². The van der Waals surface area contributed by atoms with Crippen molar-refractivity contribution in [3.05, 3.63) is 128 Å². The summed E-state index contributed by atoms with van der Waals surface area (Å²) in [5.74, 6) is 1.22. The molecule has 3 heteroatoms. The minimum atomic E-state index is 0.511. The van der Waals surface area contributed by atoms with Gasteiger partial charge in [-0.3, -0.25) is 0 Å². The zero-order valence-corrected chi connectivity index (χ0v) is 18.2. The number of hydrogen-bond donors (Lipinski definition) is 0. The molecule has 4 aromatic carbocycles. The molecule has 0 aliphatic rings. The highest BCUT2D eigenvalue weighted by atomic mass is 16.5. The van der Waals surface area contributed by atoms with E-state index in [9.17, 15) is 0 Å². The molecule has 32 heavy (non-hydrogen) atoms. The average Bonchev–Trinajstić information content (AvgIpc) is 2.81. The lowest BCUT2D eigenvalue weighted by atomic mass is 9.95. The normalized spacial score (nSPS) is 10.4. The summed E-state index contributed by atoms with van der Waals surface area (Å²) >= 11 is 0. The quantitative estimate of drug-likeness (QED) is 0.184. The van der Waals surface area contributed by atoms with Gasteiger partial charge in [0.05, 0.1) is 0 Å². The van der Waals surface area contributed by atoms with Gasteiger partial charge in [0.1, 0.15) is 19.4 Å². The summed E-state index contributed by atoms with van der Waals surface area (Å²) in [5, 5.41) is 0. The van der Waals surface area contributed by atoms with E-state index in [1.54, 1.807) is 6.08 Å². The average molecular weight is 413 g/mol. The Morgan fingerprint density at radius 1 is 0.781 bits per heavy atom. The Morgan fingerprint density at radius 3 is 1.91 bits per heavy atom. The van der Waals surface area contributed by atoms with E-state index >= 15 is 0 Å². The Bertz CT molecular complexity index is 1230. The second-order valence-corrected chi connectivity index (χ2v) is 7.61. The van der Waals surface area contributed by atoms with Crippen molar-refractivity contribution in [3.8, 4) is 16.9 Å². The van der Waals surface area contributed by atoms with Crippen molar-refractivity contribution in [2.75, 3.05) is 4.90 Å². The lowest BCUT2D eigenvalue weighted by Gasteiger charge is -2.26. The Balaban J connectivity index is 1.71. The van der Waals surface area contributed by atoms with E-state index in [1.807, 2.05) is 48.5 Å². The lowest BCUT2D eigenvalue weighted by molar-refractivity contribution is 0.447. The molecule has 0 heterocycles. The van der Waals surface area contributed by atoms with Gasteiger partial charge >= 0.3 is 0 Å². The first-order valence-corrected chi connectivity index (χ1v) is 10.5. The lowest BCUT2D eigenvalue weighted by Crippen LogP contribution is -2.12. The van der Waals surface area contributed by atoms with Gasteiger partial charge in [0.2, 0.25) is 0 Å². The zero-order valence-electron chi connectivity index (χ0n) is 18.2. The molecule has 0 saturated carbocycles. The monoisotopic (exact) mass is 413 g/mol. The van der Waals surface area contributed by atoms with Crippen LogP contribution in [0.2, 0.25) is 0 Å². The predicted octanol–water partition coefficient (Wildman–Crippen LogP) is 7.00. The van der Waals surface area contributed by atoms with Crippen LogP contribution in [0, 0.1) is 6.92 Å². The van der Waals surface area contributed by atoms with Crippen LogP contribution in [0.15, 0.2) is 122 Å². The first-order chi connectivity index (χ1) is 15.5. The molecule has 0 aromatic heterocycles. The summed E-state index contributed by atoms with van der Waals surface area (Å²) in [6, 6.07) is 32.8. The van der Waals surface area contributed by atoms with Crippen molar-refractivity contribution < 1.29 is 4.74 Å². The van der Waals surface area contributed by atoms with Crippen LogP contribution in [0.5, 0.6) is 5.75 Å². The highest BCUT2D eigenvalue weighted by Gasteiger charge is 2.13. The number of allylic oxidation sites excluding steroid dienone is 1. The van der Waals surface area contributed by atoms with Gasteiger partial charge < -0.3 is 9.64 Å². The van der Waals surface area contributed by atoms with Crippen LogP contribution in [-0.2, 0) is 0 Å². The molecular formula is C29H24BNO. The van der Waals surface area contributed by atoms with Crippen molar-refractivity contribution >= 4 is 30.4 Å². The SMILES string of the molecule is [B]c1cccc(N(c2ccc(OC(=C)C=C)cc2)c2ccc(-c3ccc(C)cc3)cc2)c1. The van der Waals surface area contributed by atoms with Gasteiger partial charge in [0.25, 0.3) is 0 Å². The van der Waals surface area contributed by atoms with E-state index in [2.05, 4.69) is 73.5 Å². The Labute approximate surface area is 191 Å². The molecule has 4 rings (SSSR count). The van der Waals surface area contributed by atoms with Crippen LogP contribution < -0.4 is 15.1 Å². The molecule has 154 valence electrons. The summed E-state index contributed by atoms with van der Waals surface area (Å²) in [4.78, 5) is 2.17. The van der Waals surface area contributed by atoms with Gasteiger partial charge in [-0.1, -0.05) is 72.7 Å². The zero-order chi connectivity index (χ0) is 22.5. The third kappa shape index (κ3) is 4.84. The van der Waals surface area contributed by atoms with E-state index < -0.39 is 0 Å². The topological polar surface area (TPSA) is 12.5 Å². The molecule has 0 saturated heterocycles. The van der Waals surface area contributed by atoms with Crippen LogP contribution >= 0.6 is 0 Å². The van der Waals surface area contributed by atoms with Gasteiger partial charge in [0.15, 0.2) is 0 Å². The molecule has 0 atom stereocenters. The molecule has 0 aliphatic carbocycles. The molecule has 0 spiro atoms. The minimum absolute atomic E-state index is 0.511. The maximum atomic E-state index is 6.09. The first-order valence-electron chi connectivity index (χ1n) is 10.5. The van der Waals surface area contributed by atoms with Crippen LogP contribution in [0.3, 0.4) is 0 Å². The number of nitrogens with zero attached hydrogens (tertiary/aromatic N) is 1. The molecule has 0 unspecified atom stereocenters. The molecular weight excluding hydrogens is 389 g/mol. The highest BCUT2D eigenvalue weighted by Crippen LogP contribution is 2.36. The Morgan fingerprint density at radius 2 is 1.34 bits per heavy atom. The summed E-state index contributed by atoms with van der Waals surface area (Å²) in [6.07, 6.45) is 1.59. The maximum absolute atomic E-state index is 6.09. The van der Waals surface area contributed by atoms with Crippen molar-refractivity contribution in [2.45, 2.75) is 6.92 Å². The number of rotatable bonds is 7. The smallest absolute Gasteiger partial charge is 0.127 e. The Kier molecular flexibility index (Phi) is 6.28. The third-order valence-corrected chi connectivity index (χ3v) is 5.21. The van der Waals surface area contributed by atoms with Crippen LogP contribution in [-0.4, -0.2) is 7.85 Å². The molecule has 0 aliphatic heterocycles. The van der Waals surface area contributed by atoms with Crippen LogP contribution in [0.25, 0.3) is 11.1 Å². The number of aryl methyl sites for hydroxylation is 1. The molecule has 0 bridgehead atoms. The number of ether oxygens (including phenoxy) is 1.